The Morgan fingerprint density at radius 3 is 2.06 bits per heavy atom. The summed E-state index contributed by atoms with van der Waals surface area (Å²) in [4.78, 5) is 14.2. The molecule has 3 rings (SSSR count). The average Bonchev–Trinajstić information content (AvgIpc) is 3.15. The summed E-state index contributed by atoms with van der Waals surface area (Å²) in [5.74, 6) is -0.410. The molecule has 31 heavy (non-hydrogen) atoms. The predicted molar refractivity (Wildman–Crippen MR) is 108 cm³/mol. The monoisotopic (exact) mass is 458 g/mol. The Bertz CT molecular complexity index is 1080. The minimum Gasteiger partial charge on any atom is -0.338 e. The molecule has 0 bridgehead atoms. The van der Waals surface area contributed by atoms with Crippen LogP contribution in [-0.4, -0.2) is 59.5 Å². The molecule has 0 aliphatic carbocycles. The second kappa shape index (κ2) is 8.27. The van der Waals surface area contributed by atoms with Crippen LogP contribution in [0, 0.1) is 27.7 Å². The Labute approximate surface area is 179 Å². The normalized spacial score (nSPS) is 16.0. The summed E-state index contributed by atoms with van der Waals surface area (Å²) in [5.41, 5.74) is 2.15. The zero-order chi connectivity index (χ0) is 23.1. The molecule has 11 heteroatoms. The van der Waals surface area contributed by atoms with Crippen molar-refractivity contribution < 1.29 is 26.4 Å². The molecule has 0 saturated carbocycles. The van der Waals surface area contributed by atoms with Crippen LogP contribution in [0.2, 0.25) is 0 Å². The highest BCUT2D eigenvalue weighted by atomic mass is 32.2. The van der Waals surface area contributed by atoms with Crippen LogP contribution in [0.5, 0.6) is 0 Å². The minimum atomic E-state index is -4.57. The van der Waals surface area contributed by atoms with E-state index in [0.29, 0.717) is 16.0 Å². The maximum atomic E-state index is 13.3. The number of aromatic nitrogens is 2. The largest absolute Gasteiger partial charge is 0.435 e. The average molecular weight is 459 g/mol. The van der Waals surface area contributed by atoms with Gasteiger partial charge in [0.15, 0.2) is 5.69 Å². The van der Waals surface area contributed by atoms with E-state index in [0.717, 1.165) is 28.1 Å². The summed E-state index contributed by atoms with van der Waals surface area (Å²) in [5, 5.41) is 3.38. The fraction of sp³-hybridized carbons (Fsp3) is 0.500. The molecule has 1 aromatic carbocycles. The highest BCUT2D eigenvalue weighted by Crippen LogP contribution is 2.29. The SMILES string of the molecule is Cc1cc(C)c(C)c(S(=O)(=O)N2CCN(C(=O)Cn3ccc(C(F)(F)F)n3)CC2)c1C. The molecule has 0 N–H and O–H groups in total. The van der Waals surface area contributed by atoms with E-state index in [1.165, 1.54) is 9.21 Å². The lowest BCUT2D eigenvalue weighted by Gasteiger charge is -2.34. The topological polar surface area (TPSA) is 75.5 Å². The quantitative estimate of drug-likeness (QED) is 0.706. The van der Waals surface area contributed by atoms with Gasteiger partial charge in [0.25, 0.3) is 0 Å². The van der Waals surface area contributed by atoms with E-state index in [1.54, 1.807) is 13.8 Å². The first-order chi connectivity index (χ1) is 14.3. The van der Waals surface area contributed by atoms with E-state index < -0.39 is 27.8 Å². The highest BCUT2D eigenvalue weighted by molar-refractivity contribution is 7.89. The molecule has 1 aliphatic rings. The molecule has 170 valence electrons. The molecule has 1 amide bonds. The molecule has 0 radical (unpaired) electrons. The van der Waals surface area contributed by atoms with Gasteiger partial charge < -0.3 is 4.90 Å². The molecule has 0 atom stereocenters. The number of benzene rings is 1. The smallest absolute Gasteiger partial charge is 0.338 e. The van der Waals surface area contributed by atoms with Gasteiger partial charge >= 0.3 is 6.18 Å². The Morgan fingerprint density at radius 2 is 1.58 bits per heavy atom. The molecular weight excluding hydrogens is 433 g/mol. The van der Waals surface area contributed by atoms with Gasteiger partial charge in [-0.25, -0.2) is 8.42 Å². The van der Waals surface area contributed by atoms with Crippen molar-refractivity contribution in [1.82, 2.24) is 19.0 Å². The number of nitrogens with zero attached hydrogens (tertiary/aromatic N) is 4. The zero-order valence-electron chi connectivity index (χ0n) is 17.8. The van der Waals surface area contributed by atoms with Gasteiger partial charge in [0, 0.05) is 32.4 Å². The Morgan fingerprint density at radius 1 is 1.03 bits per heavy atom. The summed E-state index contributed by atoms with van der Waals surface area (Å²) in [7, 11) is -3.74. The molecule has 2 heterocycles. The third-order valence-corrected chi connectivity index (χ3v) is 7.89. The van der Waals surface area contributed by atoms with Crippen molar-refractivity contribution in [2.24, 2.45) is 0 Å². The number of hydrogen-bond donors (Lipinski definition) is 0. The summed E-state index contributed by atoms with van der Waals surface area (Å²) >= 11 is 0. The molecule has 2 aromatic rings. The number of halogens is 3. The highest BCUT2D eigenvalue weighted by Gasteiger charge is 2.35. The second-order valence-corrected chi connectivity index (χ2v) is 9.65. The number of rotatable bonds is 4. The summed E-state index contributed by atoms with van der Waals surface area (Å²) in [6.07, 6.45) is -3.47. The van der Waals surface area contributed by atoms with Gasteiger partial charge in [0.1, 0.15) is 6.54 Å². The molecular formula is C20H25F3N4O3S. The lowest BCUT2D eigenvalue weighted by molar-refractivity contribution is -0.142. The Balaban J connectivity index is 1.69. The van der Waals surface area contributed by atoms with E-state index in [2.05, 4.69) is 5.10 Å². The lowest BCUT2D eigenvalue weighted by Crippen LogP contribution is -2.51. The van der Waals surface area contributed by atoms with Gasteiger partial charge in [-0.1, -0.05) is 6.07 Å². The zero-order valence-corrected chi connectivity index (χ0v) is 18.6. The van der Waals surface area contributed by atoms with Gasteiger partial charge in [-0.3, -0.25) is 9.48 Å². The first-order valence-electron chi connectivity index (χ1n) is 9.78. The van der Waals surface area contributed by atoms with Gasteiger partial charge in [-0.05, 0) is 56.0 Å². The van der Waals surface area contributed by atoms with Crippen LogP contribution in [0.25, 0.3) is 0 Å². The van der Waals surface area contributed by atoms with Crippen LogP contribution >= 0.6 is 0 Å². The molecule has 0 spiro atoms. The number of alkyl halides is 3. The fourth-order valence-corrected chi connectivity index (χ4v) is 5.71. The molecule has 7 nitrogen and oxygen atoms in total. The molecule has 1 saturated heterocycles. The van der Waals surface area contributed by atoms with E-state index >= 15 is 0 Å². The maximum absolute atomic E-state index is 13.3. The third-order valence-electron chi connectivity index (χ3n) is 5.71. The van der Waals surface area contributed by atoms with Gasteiger partial charge in [-0.2, -0.15) is 22.6 Å². The van der Waals surface area contributed by atoms with Gasteiger partial charge in [0.2, 0.25) is 15.9 Å². The van der Waals surface area contributed by atoms with Crippen LogP contribution in [0.15, 0.2) is 23.2 Å². The standard InChI is InChI=1S/C20H25F3N4O3S/c1-13-11-14(2)16(4)19(15(13)3)31(29,30)27-9-7-25(8-10-27)18(28)12-26-6-5-17(24-26)20(21,22)23/h5-6,11H,7-10,12H2,1-4H3. The summed E-state index contributed by atoms with van der Waals surface area (Å²) in [6, 6.07) is 2.77. The number of hydrogen-bond acceptors (Lipinski definition) is 4. The van der Waals surface area contributed by atoms with Crippen LogP contribution in [0.1, 0.15) is 27.9 Å². The number of aryl methyl sites for hydroxylation is 2. The van der Waals surface area contributed by atoms with Crippen molar-refractivity contribution in [2.45, 2.75) is 45.3 Å². The molecule has 1 aliphatic heterocycles. The predicted octanol–water partition coefficient (Wildman–Crippen LogP) is 2.67. The second-order valence-electron chi connectivity index (χ2n) is 7.77. The van der Waals surface area contributed by atoms with Crippen molar-refractivity contribution in [1.29, 1.82) is 0 Å². The van der Waals surface area contributed by atoms with Crippen molar-refractivity contribution in [3.8, 4) is 0 Å². The summed E-state index contributed by atoms with van der Waals surface area (Å²) < 4.78 is 66.9. The van der Waals surface area contributed by atoms with E-state index in [4.69, 9.17) is 0 Å². The van der Waals surface area contributed by atoms with Crippen molar-refractivity contribution in [3.05, 3.63) is 46.3 Å². The number of amides is 1. The van der Waals surface area contributed by atoms with Crippen molar-refractivity contribution in [3.63, 3.8) is 0 Å². The van der Waals surface area contributed by atoms with E-state index in [-0.39, 0.29) is 32.7 Å². The summed E-state index contributed by atoms with van der Waals surface area (Å²) in [6.45, 7) is 7.54. The van der Waals surface area contributed by atoms with Crippen LogP contribution in [0.3, 0.4) is 0 Å². The van der Waals surface area contributed by atoms with Crippen LogP contribution < -0.4 is 0 Å². The van der Waals surface area contributed by atoms with Crippen LogP contribution in [0.4, 0.5) is 13.2 Å². The number of sulfonamides is 1. The third kappa shape index (κ3) is 4.62. The van der Waals surface area contributed by atoms with Crippen molar-refractivity contribution >= 4 is 15.9 Å². The van der Waals surface area contributed by atoms with E-state index in [1.807, 2.05) is 19.9 Å². The molecule has 0 unspecified atom stereocenters. The van der Waals surface area contributed by atoms with E-state index in [9.17, 15) is 26.4 Å². The lowest BCUT2D eigenvalue weighted by atomic mass is 10.0. The molecule has 1 fully saturated rings. The molecule has 1 aromatic heterocycles. The number of piperazine rings is 1. The Kier molecular flexibility index (Phi) is 6.21. The first-order valence-corrected chi connectivity index (χ1v) is 11.2. The van der Waals surface area contributed by atoms with Crippen molar-refractivity contribution in [2.75, 3.05) is 26.2 Å². The minimum absolute atomic E-state index is 0.118. The first kappa shape index (κ1) is 23.3. The van der Waals surface area contributed by atoms with Gasteiger partial charge in [0.05, 0.1) is 4.90 Å². The van der Waals surface area contributed by atoms with Gasteiger partial charge in [-0.15, -0.1) is 0 Å². The number of carbonyl (C=O) groups is 1. The number of carbonyl (C=O) groups excluding carboxylic acids is 1. The fourth-order valence-electron chi connectivity index (χ4n) is 3.71. The Hall–Kier alpha value is -2.40. The maximum Gasteiger partial charge on any atom is 0.435 e. The van der Waals surface area contributed by atoms with Crippen LogP contribution in [-0.2, 0) is 27.5 Å².